The second-order valence-corrected chi connectivity index (χ2v) is 6.19. The molecule has 1 heterocycles. The van der Waals surface area contributed by atoms with E-state index in [2.05, 4.69) is 0 Å². The van der Waals surface area contributed by atoms with Crippen molar-refractivity contribution >= 4 is 35.1 Å². The minimum atomic E-state index is -0.982. The molecule has 0 bridgehead atoms. The summed E-state index contributed by atoms with van der Waals surface area (Å²) >= 11 is 12.0. The molecule has 0 saturated carbocycles. The molecule has 1 aliphatic heterocycles. The molecule has 1 atom stereocenters. The smallest absolute Gasteiger partial charge is 0.305 e. The van der Waals surface area contributed by atoms with E-state index in [1.54, 1.807) is 35.2 Å². The summed E-state index contributed by atoms with van der Waals surface area (Å²) in [6.45, 7) is 0.382. The standard InChI is InChI=1S/C17H13Cl2NO3/c18-13-6-5-10(7-14(13)19)15(8-16(21)22)20-9-11-3-1-2-4-12(11)17(20)23/h1-7,15H,8-9H2,(H,21,22)/t15-/m1/s1. The summed E-state index contributed by atoms with van der Waals surface area (Å²) in [5.41, 5.74) is 2.17. The lowest BCUT2D eigenvalue weighted by Crippen LogP contribution is -2.30. The number of hydrogen-bond donors (Lipinski definition) is 1. The van der Waals surface area contributed by atoms with Crippen molar-refractivity contribution in [2.75, 3.05) is 0 Å². The Morgan fingerprint density at radius 1 is 1.17 bits per heavy atom. The van der Waals surface area contributed by atoms with Crippen LogP contribution in [0.4, 0.5) is 0 Å². The number of carbonyl (C=O) groups excluding carboxylic acids is 1. The average molecular weight is 350 g/mol. The van der Waals surface area contributed by atoms with E-state index in [9.17, 15) is 14.7 Å². The number of rotatable bonds is 4. The van der Waals surface area contributed by atoms with Gasteiger partial charge in [0.2, 0.25) is 0 Å². The number of carbonyl (C=O) groups is 2. The molecule has 4 nitrogen and oxygen atoms in total. The van der Waals surface area contributed by atoms with Crippen molar-refractivity contribution in [3.63, 3.8) is 0 Å². The number of aliphatic carboxylic acids is 1. The van der Waals surface area contributed by atoms with Crippen molar-refractivity contribution in [3.8, 4) is 0 Å². The largest absolute Gasteiger partial charge is 0.481 e. The van der Waals surface area contributed by atoms with Crippen molar-refractivity contribution in [1.82, 2.24) is 4.90 Å². The van der Waals surface area contributed by atoms with Crippen LogP contribution in [0.5, 0.6) is 0 Å². The molecular formula is C17H13Cl2NO3. The fourth-order valence-corrected chi connectivity index (χ4v) is 3.13. The van der Waals surface area contributed by atoms with E-state index < -0.39 is 12.0 Å². The minimum absolute atomic E-state index is 0.169. The Labute approximate surface area is 143 Å². The normalized spacial score (nSPS) is 14.7. The lowest BCUT2D eigenvalue weighted by atomic mass is 10.0. The Bertz CT molecular complexity index is 791. The molecule has 23 heavy (non-hydrogen) atoms. The van der Waals surface area contributed by atoms with Gasteiger partial charge >= 0.3 is 5.97 Å². The third-order valence-electron chi connectivity index (χ3n) is 3.92. The third kappa shape index (κ3) is 3.05. The number of carboxylic acid groups (broad SMARTS) is 1. The molecule has 0 spiro atoms. The Morgan fingerprint density at radius 2 is 1.91 bits per heavy atom. The fraction of sp³-hybridized carbons (Fsp3) is 0.176. The Kier molecular flexibility index (Phi) is 4.28. The van der Waals surface area contributed by atoms with Crippen LogP contribution in [0.25, 0.3) is 0 Å². The summed E-state index contributed by atoms with van der Waals surface area (Å²) in [7, 11) is 0. The monoisotopic (exact) mass is 349 g/mol. The SMILES string of the molecule is O=C(O)C[C@H](c1ccc(Cl)c(Cl)c1)N1Cc2ccccc2C1=O. The lowest BCUT2D eigenvalue weighted by Gasteiger charge is -2.27. The second-order valence-electron chi connectivity index (χ2n) is 5.38. The summed E-state index contributed by atoms with van der Waals surface area (Å²) < 4.78 is 0. The summed E-state index contributed by atoms with van der Waals surface area (Å²) in [4.78, 5) is 25.5. The van der Waals surface area contributed by atoms with Crippen molar-refractivity contribution in [1.29, 1.82) is 0 Å². The molecule has 0 fully saturated rings. The molecule has 0 aliphatic carbocycles. The van der Waals surface area contributed by atoms with Crippen molar-refractivity contribution in [3.05, 3.63) is 69.2 Å². The van der Waals surface area contributed by atoms with Crippen LogP contribution in [0.3, 0.4) is 0 Å². The Balaban J connectivity index is 1.99. The first kappa shape index (κ1) is 15.8. The Morgan fingerprint density at radius 3 is 2.57 bits per heavy atom. The van der Waals surface area contributed by atoms with E-state index in [1.807, 2.05) is 12.1 Å². The van der Waals surface area contributed by atoms with Gasteiger partial charge in [-0.05, 0) is 29.3 Å². The first-order chi connectivity index (χ1) is 11.0. The maximum atomic E-state index is 12.6. The van der Waals surface area contributed by atoms with Crippen LogP contribution in [-0.4, -0.2) is 21.9 Å². The van der Waals surface area contributed by atoms with Crippen molar-refractivity contribution < 1.29 is 14.7 Å². The number of carboxylic acids is 1. The van der Waals surface area contributed by atoms with E-state index in [0.29, 0.717) is 27.7 Å². The number of amides is 1. The highest BCUT2D eigenvalue weighted by atomic mass is 35.5. The zero-order valence-electron chi connectivity index (χ0n) is 12.0. The predicted molar refractivity (Wildman–Crippen MR) is 87.8 cm³/mol. The van der Waals surface area contributed by atoms with Gasteiger partial charge in [0.05, 0.1) is 22.5 Å². The van der Waals surface area contributed by atoms with Crippen LogP contribution >= 0.6 is 23.2 Å². The zero-order valence-corrected chi connectivity index (χ0v) is 13.5. The van der Waals surface area contributed by atoms with Gasteiger partial charge in [0.25, 0.3) is 5.91 Å². The first-order valence-corrected chi connectivity index (χ1v) is 7.78. The number of benzene rings is 2. The van der Waals surface area contributed by atoms with Gasteiger partial charge in [0.15, 0.2) is 0 Å². The molecule has 1 N–H and O–H groups in total. The van der Waals surface area contributed by atoms with Crippen molar-refractivity contribution in [2.45, 2.75) is 19.0 Å². The number of fused-ring (bicyclic) bond motifs is 1. The van der Waals surface area contributed by atoms with Gasteiger partial charge in [-0.3, -0.25) is 9.59 Å². The van der Waals surface area contributed by atoms with Gasteiger partial charge in [-0.2, -0.15) is 0 Å². The summed E-state index contributed by atoms with van der Waals surface area (Å²) in [5, 5.41) is 9.96. The topological polar surface area (TPSA) is 57.6 Å². The summed E-state index contributed by atoms with van der Waals surface area (Å²) in [5.74, 6) is -1.15. The maximum absolute atomic E-state index is 12.6. The molecule has 6 heteroatoms. The molecular weight excluding hydrogens is 337 g/mol. The average Bonchev–Trinajstić information content (AvgIpc) is 2.85. The summed E-state index contributed by atoms with van der Waals surface area (Å²) in [6.07, 6.45) is -0.197. The van der Waals surface area contributed by atoms with Gasteiger partial charge < -0.3 is 10.0 Å². The molecule has 0 aromatic heterocycles. The van der Waals surface area contributed by atoms with Gasteiger partial charge in [0, 0.05) is 12.1 Å². The van der Waals surface area contributed by atoms with Crippen LogP contribution in [0.2, 0.25) is 10.0 Å². The lowest BCUT2D eigenvalue weighted by molar-refractivity contribution is -0.138. The second kappa shape index (κ2) is 6.22. The third-order valence-corrected chi connectivity index (χ3v) is 4.66. The van der Waals surface area contributed by atoms with Crippen LogP contribution < -0.4 is 0 Å². The first-order valence-electron chi connectivity index (χ1n) is 7.03. The molecule has 2 aromatic rings. The van der Waals surface area contributed by atoms with Crippen LogP contribution in [-0.2, 0) is 11.3 Å². The highest BCUT2D eigenvalue weighted by Crippen LogP contribution is 2.35. The molecule has 1 aliphatic rings. The molecule has 118 valence electrons. The Hall–Kier alpha value is -2.04. The molecule has 1 amide bonds. The molecule has 0 radical (unpaired) electrons. The van der Waals surface area contributed by atoms with Crippen LogP contribution in [0, 0.1) is 0 Å². The highest BCUT2D eigenvalue weighted by molar-refractivity contribution is 6.42. The quantitative estimate of drug-likeness (QED) is 0.901. The highest BCUT2D eigenvalue weighted by Gasteiger charge is 2.34. The number of hydrogen-bond acceptors (Lipinski definition) is 2. The fourth-order valence-electron chi connectivity index (χ4n) is 2.82. The minimum Gasteiger partial charge on any atom is -0.481 e. The maximum Gasteiger partial charge on any atom is 0.305 e. The van der Waals surface area contributed by atoms with Gasteiger partial charge in [0.1, 0.15) is 0 Å². The summed E-state index contributed by atoms with van der Waals surface area (Å²) in [6, 6.07) is 11.6. The van der Waals surface area contributed by atoms with Crippen LogP contribution in [0.1, 0.15) is 33.9 Å². The molecule has 2 aromatic carbocycles. The molecule has 0 unspecified atom stereocenters. The predicted octanol–water partition coefficient (Wildman–Crippen LogP) is 4.17. The molecule has 3 rings (SSSR count). The van der Waals surface area contributed by atoms with Gasteiger partial charge in [-0.15, -0.1) is 0 Å². The van der Waals surface area contributed by atoms with E-state index in [1.165, 1.54) is 0 Å². The van der Waals surface area contributed by atoms with E-state index in [-0.39, 0.29) is 12.3 Å². The van der Waals surface area contributed by atoms with Gasteiger partial charge in [-0.25, -0.2) is 0 Å². The van der Waals surface area contributed by atoms with Gasteiger partial charge in [-0.1, -0.05) is 47.5 Å². The van der Waals surface area contributed by atoms with E-state index in [0.717, 1.165) is 5.56 Å². The number of halogens is 2. The zero-order chi connectivity index (χ0) is 16.6. The molecule has 0 saturated heterocycles. The van der Waals surface area contributed by atoms with Crippen molar-refractivity contribution in [2.24, 2.45) is 0 Å². The van der Waals surface area contributed by atoms with E-state index >= 15 is 0 Å². The van der Waals surface area contributed by atoms with Crippen LogP contribution in [0.15, 0.2) is 42.5 Å². The van der Waals surface area contributed by atoms with E-state index in [4.69, 9.17) is 23.2 Å². The number of nitrogens with zero attached hydrogens (tertiary/aromatic N) is 1.